The molecule has 3 aromatic rings. The van der Waals surface area contributed by atoms with Gasteiger partial charge in [0.15, 0.2) is 11.5 Å². The number of aryl methyl sites for hydroxylation is 1. The van der Waals surface area contributed by atoms with Gasteiger partial charge in [0.2, 0.25) is 5.91 Å². The number of hydrogen-bond acceptors (Lipinski definition) is 6. The molecule has 0 saturated heterocycles. The van der Waals surface area contributed by atoms with E-state index in [1.807, 2.05) is 37.3 Å². The van der Waals surface area contributed by atoms with Gasteiger partial charge in [-0.25, -0.2) is 13.6 Å². The molecule has 0 spiro atoms. The number of carbonyl (C=O) groups is 2. The number of amides is 3. The summed E-state index contributed by atoms with van der Waals surface area (Å²) in [7, 11) is 4.68. The van der Waals surface area contributed by atoms with Gasteiger partial charge < -0.3 is 29.3 Å². The Morgan fingerprint density at radius 3 is 2.35 bits per heavy atom. The summed E-state index contributed by atoms with van der Waals surface area (Å²) in [5.74, 6) is -0.708. The van der Waals surface area contributed by atoms with Crippen LogP contribution in [0, 0.1) is 18.6 Å². The Morgan fingerprint density at radius 1 is 0.925 bits per heavy atom. The molecule has 1 N–H and O–H groups in total. The summed E-state index contributed by atoms with van der Waals surface area (Å²) in [6.07, 6.45) is 1.02. The van der Waals surface area contributed by atoms with E-state index in [-0.39, 0.29) is 24.7 Å². The lowest BCUT2D eigenvalue weighted by atomic mass is 10.1. The van der Waals surface area contributed by atoms with Gasteiger partial charge in [-0.15, -0.1) is 11.3 Å². The number of rotatable bonds is 14. The smallest absolute Gasteiger partial charge is 0.322 e. The minimum Gasteiger partial charge on any atom is -0.493 e. The first-order chi connectivity index (χ1) is 19.2. The van der Waals surface area contributed by atoms with Crippen molar-refractivity contribution in [1.29, 1.82) is 0 Å². The van der Waals surface area contributed by atoms with Crippen molar-refractivity contribution >= 4 is 29.0 Å². The first kappa shape index (κ1) is 30.8. The largest absolute Gasteiger partial charge is 0.493 e. The van der Waals surface area contributed by atoms with E-state index in [1.54, 1.807) is 37.6 Å². The van der Waals surface area contributed by atoms with Crippen LogP contribution in [0.4, 0.5) is 19.3 Å². The standard InChI is InChI=1S/C29H35F2N3O5S/c1-20-6-9-23(40-20)18-33(14-12-21-7-11-26(38-3)27(16-21)39-4)28(35)19-34(13-5-15-37-2)29(36)32-25-10-8-22(30)17-24(25)31/h6-11,16-17H,5,12-15,18-19H2,1-4H3,(H,32,36). The molecular formula is C29H35F2N3O5S. The van der Waals surface area contributed by atoms with Gasteiger partial charge in [-0.2, -0.15) is 0 Å². The van der Waals surface area contributed by atoms with Crippen LogP contribution in [-0.2, 0) is 22.5 Å². The second-order valence-corrected chi connectivity index (χ2v) is 10.5. The summed E-state index contributed by atoms with van der Waals surface area (Å²) in [4.78, 5) is 31.9. The van der Waals surface area contributed by atoms with Crippen LogP contribution in [0.5, 0.6) is 11.5 Å². The average Bonchev–Trinajstić information content (AvgIpc) is 3.36. The third-order valence-corrected chi connectivity index (χ3v) is 7.16. The number of anilines is 1. The van der Waals surface area contributed by atoms with Gasteiger partial charge in [0.05, 0.1) is 26.5 Å². The second kappa shape index (κ2) is 15.2. The van der Waals surface area contributed by atoms with Crippen molar-refractivity contribution in [1.82, 2.24) is 9.80 Å². The van der Waals surface area contributed by atoms with E-state index >= 15 is 0 Å². The molecule has 0 radical (unpaired) electrons. The molecular weight excluding hydrogens is 540 g/mol. The molecule has 11 heteroatoms. The van der Waals surface area contributed by atoms with Crippen LogP contribution >= 0.6 is 11.3 Å². The Morgan fingerprint density at radius 2 is 1.70 bits per heavy atom. The van der Waals surface area contributed by atoms with E-state index in [0.29, 0.717) is 50.1 Å². The summed E-state index contributed by atoms with van der Waals surface area (Å²) in [6.45, 7) is 3.13. The lowest BCUT2D eigenvalue weighted by molar-refractivity contribution is -0.132. The number of nitrogens with zero attached hydrogens (tertiary/aromatic N) is 2. The van der Waals surface area contributed by atoms with Gasteiger partial charge >= 0.3 is 6.03 Å². The lowest BCUT2D eigenvalue weighted by Crippen LogP contribution is -2.45. The Hall–Kier alpha value is -3.70. The van der Waals surface area contributed by atoms with Gasteiger partial charge in [-0.1, -0.05) is 6.07 Å². The summed E-state index contributed by atoms with van der Waals surface area (Å²) in [5, 5.41) is 2.45. The van der Waals surface area contributed by atoms with E-state index in [2.05, 4.69) is 5.32 Å². The molecule has 0 fully saturated rings. The fourth-order valence-electron chi connectivity index (χ4n) is 4.05. The Labute approximate surface area is 237 Å². The number of thiophene rings is 1. The molecule has 8 nitrogen and oxygen atoms in total. The first-order valence-electron chi connectivity index (χ1n) is 12.8. The van der Waals surface area contributed by atoms with Crippen LogP contribution in [0.3, 0.4) is 0 Å². The molecule has 216 valence electrons. The maximum absolute atomic E-state index is 14.2. The Bertz CT molecular complexity index is 1290. The number of carbonyl (C=O) groups excluding carboxylic acids is 2. The van der Waals surface area contributed by atoms with Crippen LogP contribution < -0.4 is 14.8 Å². The van der Waals surface area contributed by atoms with Crippen molar-refractivity contribution in [2.24, 2.45) is 0 Å². The molecule has 0 unspecified atom stereocenters. The highest BCUT2D eigenvalue weighted by Crippen LogP contribution is 2.28. The third-order valence-electron chi connectivity index (χ3n) is 6.18. The minimum atomic E-state index is -0.902. The van der Waals surface area contributed by atoms with Crippen LogP contribution in [0.2, 0.25) is 0 Å². The molecule has 0 bridgehead atoms. The summed E-state index contributed by atoms with van der Waals surface area (Å²) >= 11 is 1.60. The van der Waals surface area contributed by atoms with Crippen LogP contribution in [-0.4, -0.2) is 69.3 Å². The van der Waals surface area contributed by atoms with Crippen molar-refractivity contribution in [3.05, 3.63) is 75.5 Å². The minimum absolute atomic E-state index is 0.171. The van der Waals surface area contributed by atoms with Crippen molar-refractivity contribution in [3.63, 3.8) is 0 Å². The van der Waals surface area contributed by atoms with Gasteiger partial charge in [-0.05, 0) is 61.7 Å². The summed E-state index contributed by atoms with van der Waals surface area (Å²) < 4.78 is 43.3. The van der Waals surface area contributed by atoms with Gasteiger partial charge in [-0.3, -0.25) is 4.79 Å². The highest BCUT2D eigenvalue weighted by atomic mass is 32.1. The van der Waals surface area contributed by atoms with Crippen molar-refractivity contribution in [3.8, 4) is 11.5 Å². The average molecular weight is 576 g/mol. The van der Waals surface area contributed by atoms with Crippen LogP contribution in [0.15, 0.2) is 48.5 Å². The first-order valence-corrected chi connectivity index (χ1v) is 13.6. The molecule has 0 aliphatic heterocycles. The second-order valence-electron chi connectivity index (χ2n) is 9.09. The van der Waals surface area contributed by atoms with E-state index in [4.69, 9.17) is 14.2 Å². The van der Waals surface area contributed by atoms with Crippen molar-refractivity contribution in [2.45, 2.75) is 26.3 Å². The Kier molecular flexibility index (Phi) is 11.7. The maximum Gasteiger partial charge on any atom is 0.322 e. The van der Waals surface area contributed by atoms with E-state index in [9.17, 15) is 18.4 Å². The fourth-order valence-corrected chi connectivity index (χ4v) is 4.96. The van der Waals surface area contributed by atoms with E-state index in [0.717, 1.165) is 27.5 Å². The highest BCUT2D eigenvalue weighted by Gasteiger charge is 2.23. The quantitative estimate of drug-likeness (QED) is 0.257. The topological polar surface area (TPSA) is 80.3 Å². The fraction of sp³-hybridized carbons (Fsp3) is 0.379. The van der Waals surface area contributed by atoms with Gasteiger partial charge in [0.1, 0.15) is 18.2 Å². The number of ether oxygens (including phenoxy) is 3. The van der Waals surface area contributed by atoms with Crippen LogP contribution in [0.1, 0.15) is 21.7 Å². The third kappa shape index (κ3) is 8.92. The molecule has 3 amide bonds. The molecule has 0 aliphatic rings. The predicted octanol–water partition coefficient (Wildman–Crippen LogP) is 5.49. The van der Waals surface area contributed by atoms with Gasteiger partial charge in [0, 0.05) is 42.6 Å². The van der Waals surface area contributed by atoms with Crippen molar-refractivity contribution < 1.29 is 32.6 Å². The summed E-state index contributed by atoms with van der Waals surface area (Å²) in [5.41, 5.74) is 0.786. The monoisotopic (exact) mass is 575 g/mol. The number of halogens is 2. The van der Waals surface area contributed by atoms with Crippen molar-refractivity contribution in [2.75, 3.05) is 52.9 Å². The maximum atomic E-state index is 14.2. The Balaban J connectivity index is 1.77. The molecule has 0 saturated carbocycles. The highest BCUT2D eigenvalue weighted by molar-refractivity contribution is 7.11. The zero-order chi connectivity index (χ0) is 29.1. The molecule has 0 aliphatic carbocycles. The number of hydrogen-bond donors (Lipinski definition) is 1. The summed E-state index contributed by atoms with van der Waals surface area (Å²) in [6, 6.07) is 11.8. The molecule has 1 heterocycles. The molecule has 1 aromatic heterocycles. The number of urea groups is 1. The number of methoxy groups -OCH3 is 3. The number of nitrogens with one attached hydrogen (secondary N) is 1. The zero-order valence-corrected chi connectivity index (χ0v) is 24.0. The molecule has 40 heavy (non-hydrogen) atoms. The molecule has 2 aromatic carbocycles. The van der Waals surface area contributed by atoms with Crippen LogP contribution in [0.25, 0.3) is 0 Å². The zero-order valence-electron chi connectivity index (χ0n) is 23.2. The normalized spacial score (nSPS) is 10.8. The van der Waals surface area contributed by atoms with E-state index in [1.165, 1.54) is 4.90 Å². The molecule has 0 atom stereocenters. The number of benzene rings is 2. The SMILES string of the molecule is COCCCN(CC(=O)N(CCc1ccc(OC)c(OC)c1)Cc1ccc(C)s1)C(=O)Nc1ccc(F)cc1F. The molecule has 3 rings (SSSR count). The predicted molar refractivity (Wildman–Crippen MR) is 151 cm³/mol. The lowest BCUT2D eigenvalue weighted by Gasteiger charge is -2.28. The van der Waals surface area contributed by atoms with Gasteiger partial charge in [0.25, 0.3) is 0 Å². The van der Waals surface area contributed by atoms with E-state index < -0.39 is 17.7 Å².